The van der Waals surface area contributed by atoms with Crippen molar-refractivity contribution >= 4 is 40.9 Å². The molecule has 1 amide bonds. The lowest BCUT2D eigenvalue weighted by Gasteiger charge is -2.28. The second-order valence-corrected chi connectivity index (χ2v) is 9.37. The van der Waals surface area contributed by atoms with Gasteiger partial charge in [0.1, 0.15) is 5.75 Å². The predicted octanol–water partition coefficient (Wildman–Crippen LogP) is 4.19. The molecule has 0 saturated carbocycles. The van der Waals surface area contributed by atoms with Crippen LogP contribution in [0.15, 0.2) is 47.6 Å². The Kier molecular flexibility index (Phi) is 7.42. The van der Waals surface area contributed by atoms with Crippen molar-refractivity contribution in [1.29, 1.82) is 0 Å². The molecule has 1 aromatic heterocycles. The number of aryl methyl sites for hydroxylation is 1. The third kappa shape index (κ3) is 5.43. The van der Waals surface area contributed by atoms with E-state index in [4.69, 9.17) is 21.1 Å². The van der Waals surface area contributed by atoms with Gasteiger partial charge in [-0.1, -0.05) is 35.5 Å². The number of amides is 1. The summed E-state index contributed by atoms with van der Waals surface area (Å²) in [4.78, 5) is 15.1. The minimum atomic E-state index is -0.420. The fraction of sp³-hybridized carbons (Fsp3) is 0.348. The summed E-state index contributed by atoms with van der Waals surface area (Å²) in [5.41, 5.74) is 2.69. The van der Waals surface area contributed by atoms with Gasteiger partial charge >= 0.3 is 0 Å². The van der Waals surface area contributed by atoms with E-state index >= 15 is 0 Å². The molecule has 0 bridgehead atoms. The molecule has 0 spiro atoms. The van der Waals surface area contributed by atoms with Gasteiger partial charge < -0.3 is 19.7 Å². The lowest BCUT2D eigenvalue weighted by Crippen LogP contribution is -2.38. The van der Waals surface area contributed by atoms with Gasteiger partial charge in [0.05, 0.1) is 36.3 Å². The van der Waals surface area contributed by atoms with E-state index in [0.717, 1.165) is 30.3 Å². The minimum absolute atomic E-state index is 0.159. The van der Waals surface area contributed by atoms with E-state index < -0.39 is 5.25 Å². The van der Waals surface area contributed by atoms with Crippen LogP contribution in [0.5, 0.6) is 5.75 Å². The lowest BCUT2D eigenvalue weighted by atomic mass is 10.2. The first-order chi connectivity index (χ1) is 16.0. The Balaban J connectivity index is 1.57. The number of nitrogens with zero attached hydrogens (tertiary/aromatic N) is 4. The molecule has 1 aliphatic rings. The van der Waals surface area contributed by atoms with Crippen LogP contribution in [0, 0.1) is 6.92 Å². The van der Waals surface area contributed by atoms with Crippen molar-refractivity contribution in [3.63, 3.8) is 0 Å². The molecular weight excluding hydrogens is 462 g/mol. The number of benzene rings is 2. The Morgan fingerprint density at radius 1 is 1.21 bits per heavy atom. The zero-order chi connectivity index (χ0) is 23.4. The van der Waals surface area contributed by atoms with E-state index in [-0.39, 0.29) is 5.91 Å². The molecule has 0 radical (unpaired) electrons. The normalized spacial score (nSPS) is 14.7. The first-order valence-corrected chi connectivity index (χ1v) is 11.9. The Hall–Kier alpha value is -2.75. The number of thioether (sulfide) groups is 1. The summed E-state index contributed by atoms with van der Waals surface area (Å²) in [5, 5.41) is 12.5. The number of aromatic nitrogens is 3. The number of nitrogens with one attached hydrogen (secondary N) is 1. The first kappa shape index (κ1) is 23.4. The Labute approximate surface area is 202 Å². The number of hydrogen-bond acceptors (Lipinski definition) is 7. The van der Waals surface area contributed by atoms with Crippen LogP contribution in [0.4, 0.5) is 11.6 Å². The molecule has 0 aliphatic carbocycles. The Morgan fingerprint density at radius 2 is 2.00 bits per heavy atom. The summed E-state index contributed by atoms with van der Waals surface area (Å²) in [6.07, 6.45) is 0. The molecular formula is C23H26ClN5O3S. The molecule has 2 heterocycles. The second-order valence-electron chi connectivity index (χ2n) is 7.66. The van der Waals surface area contributed by atoms with Crippen molar-refractivity contribution in [3.8, 4) is 11.4 Å². The van der Waals surface area contributed by atoms with Gasteiger partial charge in [0, 0.05) is 18.8 Å². The van der Waals surface area contributed by atoms with Gasteiger partial charge in [0.15, 0.2) is 5.16 Å². The quantitative estimate of drug-likeness (QED) is 0.500. The first-order valence-electron chi connectivity index (χ1n) is 10.6. The Bertz CT molecular complexity index is 1130. The van der Waals surface area contributed by atoms with Crippen LogP contribution in [-0.2, 0) is 9.53 Å². The van der Waals surface area contributed by atoms with Crippen molar-refractivity contribution in [2.45, 2.75) is 24.3 Å². The van der Waals surface area contributed by atoms with Crippen LogP contribution in [0.3, 0.4) is 0 Å². The predicted molar refractivity (Wildman–Crippen MR) is 131 cm³/mol. The maximum Gasteiger partial charge on any atom is 0.237 e. The van der Waals surface area contributed by atoms with Crippen molar-refractivity contribution in [3.05, 3.63) is 53.1 Å². The maximum absolute atomic E-state index is 12.9. The number of anilines is 2. The summed E-state index contributed by atoms with van der Waals surface area (Å²) in [5.74, 6) is 1.15. The van der Waals surface area contributed by atoms with Gasteiger partial charge in [-0.15, -0.1) is 10.2 Å². The highest BCUT2D eigenvalue weighted by Crippen LogP contribution is 2.31. The molecule has 1 N–H and O–H groups in total. The van der Waals surface area contributed by atoms with Crippen LogP contribution in [0.2, 0.25) is 5.02 Å². The zero-order valence-electron chi connectivity index (χ0n) is 18.7. The average Bonchev–Trinajstić information content (AvgIpc) is 3.23. The van der Waals surface area contributed by atoms with E-state index in [0.29, 0.717) is 34.8 Å². The van der Waals surface area contributed by atoms with Gasteiger partial charge in [-0.05, 0) is 49.7 Å². The molecule has 4 rings (SSSR count). The zero-order valence-corrected chi connectivity index (χ0v) is 20.3. The molecule has 3 aromatic rings. The molecule has 8 nitrogen and oxygen atoms in total. The topological polar surface area (TPSA) is 81.5 Å². The van der Waals surface area contributed by atoms with Gasteiger partial charge in [0.25, 0.3) is 0 Å². The van der Waals surface area contributed by atoms with Crippen molar-refractivity contribution in [2.24, 2.45) is 0 Å². The van der Waals surface area contributed by atoms with E-state index in [1.54, 1.807) is 25.3 Å². The van der Waals surface area contributed by atoms with Crippen LogP contribution in [-0.4, -0.2) is 59.3 Å². The van der Waals surface area contributed by atoms with Crippen LogP contribution in [0.1, 0.15) is 12.5 Å². The number of methoxy groups -OCH3 is 1. The molecule has 1 atom stereocenters. The third-order valence-corrected chi connectivity index (χ3v) is 6.58. The summed E-state index contributed by atoms with van der Waals surface area (Å²) < 4.78 is 12.7. The van der Waals surface area contributed by atoms with Crippen LogP contribution < -0.4 is 15.0 Å². The summed E-state index contributed by atoms with van der Waals surface area (Å²) in [6.45, 7) is 6.66. The second kappa shape index (κ2) is 10.5. The highest BCUT2D eigenvalue weighted by molar-refractivity contribution is 8.00. The number of carbonyl (C=O) groups excluding carboxylic acids is 1. The number of rotatable bonds is 7. The molecule has 1 saturated heterocycles. The fourth-order valence-electron chi connectivity index (χ4n) is 3.50. The number of halogens is 1. The van der Waals surface area contributed by atoms with E-state index in [1.165, 1.54) is 11.8 Å². The number of carbonyl (C=O) groups is 1. The van der Waals surface area contributed by atoms with Gasteiger partial charge in [0.2, 0.25) is 11.9 Å². The molecule has 2 aromatic carbocycles. The van der Waals surface area contributed by atoms with Crippen LogP contribution >= 0.6 is 23.4 Å². The van der Waals surface area contributed by atoms with Crippen LogP contribution in [0.25, 0.3) is 5.69 Å². The summed E-state index contributed by atoms with van der Waals surface area (Å²) >= 11 is 7.54. The van der Waals surface area contributed by atoms with Gasteiger partial charge in [-0.25, -0.2) is 0 Å². The molecule has 1 aliphatic heterocycles. The van der Waals surface area contributed by atoms with E-state index in [2.05, 4.69) is 26.5 Å². The molecule has 174 valence electrons. The number of hydrogen-bond donors (Lipinski definition) is 1. The van der Waals surface area contributed by atoms with Crippen molar-refractivity contribution in [1.82, 2.24) is 14.8 Å². The maximum atomic E-state index is 12.9. The standard InChI is InChI=1S/C23H26ClN5O3S/c1-15-5-4-6-18(13-15)29-22(28-9-11-32-12-10-28)26-27-23(29)33-16(2)21(30)25-17-7-8-20(31-3)19(24)14-17/h4-8,13-14,16H,9-12H2,1-3H3,(H,25,30). The third-order valence-electron chi connectivity index (χ3n) is 5.24. The van der Waals surface area contributed by atoms with Gasteiger partial charge in [-0.3, -0.25) is 9.36 Å². The average molecular weight is 488 g/mol. The highest BCUT2D eigenvalue weighted by atomic mass is 35.5. The minimum Gasteiger partial charge on any atom is -0.495 e. The summed E-state index contributed by atoms with van der Waals surface area (Å²) in [6, 6.07) is 13.3. The number of morpholine rings is 1. The Morgan fingerprint density at radius 3 is 2.70 bits per heavy atom. The fourth-order valence-corrected chi connectivity index (χ4v) is 4.62. The smallest absolute Gasteiger partial charge is 0.237 e. The van der Waals surface area contributed by atoms with E-state index in [9.17, 15) is 4.79 Å². The summed E-state index contributed by atoms with van der Waals surface area (Å²) in [7, 11) is 1.55. The number of ether oxygens (including phenoxy) is 2. The van der Waals surface area contributed by atoms with Crippen molar-refractivity contribution in [2.75, 3.05) is 43.6 Å². The monoisotopic (exact) mass is 487 g/mol. The van der Waals surface area contributed by atoms with Gasteiger partial charge in [-0.2, -0.15) is 0 Å². The lowest BCUT2D eigenvalue weighted by molar-refractivity contribution is -0.115. The SMILES string of the molecule is COc1ccc(NC(=O)C(C)Sc2nnc(N3CCOCC3)n2-c2cccc(C)c2)cc1Cl. The van der Waals surface area contributed by atoms with E-state index in [1.807, 2.05) is 36.6 Å². The van der Waals surface area contributed by atoms with Crippen molar-refractivity contribution < 1.29 is 14.3 Å². The molecule has 10 heteroatoms. The largest absolute Gasteiger partial charge is 0.495 e. The molecule has 1 unspecified atom stereocenters. The molecule has 1 fully saturated rings. The molecule has 33 heavy (non-hydrogen) atoms. The highest BCUT2D eigenvalue weighted by Gasteiger charge is 2.25.